The van der Waals surface area contributed by atoms with Crippen LogP contribution in [-0.2, 0) is 0 Å². The molecule has 0 aromatic heterocycles. The van der Waals surface area contributed by atoms with Gasteiger partial charge in [-0.25, -0.2) is 0 Å². The smallest absolute Gasteiger partial charge is 0.166 e. The molecule has 18 heavy (non-hydrogen) atoms. The number of carbonyl (C=O) groups excluding carboxylic acids is 1. The minimum Gasteiger partial charge on any atom is -0.493 e. The molecule has 1 aromatic carbocycles. The highest BCUT2D eigenvalue weighted by atomic mass is 79.9. The van der Waals surface area contributed by atoms with E-state index in [0.29, 0.717) is 17.1 Å². The number of rotatable bonds is 6. The maximum atomic E-state index is 12.3. The van der Waals surface area contributed by atoms with Crippen molar-refractivity contribution in [2.75, 3.05) is 14.2 Å². The predicted molar refractivity (Wildman–Crippen MR) is 75.6 cm³/mol. The van der Waals surface area contributed by atoms with Crippen molar-refractivity contribution in [3.05, 3.63) is 22.2 Å². The molecule has 0 bridgehead atoms. The molecule has 0 spiro atoms. The molecule has 0 aliphatic rings. The molecule has 0 amide bonds. The van der Waals surface area contributed by atoms with Gasteiger partial charge in [0.25, 0.3) is 0 Å². The van der Waals surface area contributed by atoms with E-state index in [1.54, 1.807) is 26.4 Å². The third-order valence-corrected chi connectivity index (χ3v) is 3.56. The quantitative estimate of drug-likeness (QED) is 0.742. The third kappa shape index (κ3) is 3.25. The molecular formula is C14H19BrO3. The fourth-order valence-electron chi connectivity index (χ4n) is 1.87. The lowest BCUT2D eigenvalue weighted by Crippen LogP contribution is -2.12. The largest absolute Gasteiger partial charge is 0.493 e. The summed E-state index contributed by atoms with van der Waals surface area (Å²) in [6.07, 6.45) is 1.89. The van der Waals surface area contributed by atoms with E-state index in [1.807, 2.05) is 6.92 Å². The molecule has 1 rings (SSSR count). The Morgan fingerprint density at radius 1 is 1.28 bits per heavy atom. The summed E-state index contributed by atoms with van der Waals surface area (Å²) in [5.74, 6) is 1.34. The molecule has 1 aromatic rings. The number of ether oxygens (including phenoxy) is 2. The predicted octanol–water partition coefficient (Wildman–Crippen LogP) is 4.09. The van der Waals surface area contributed by atoms with Crippen LogP contribution >= 0.6 is 15.9 Å². The molecule has 4 heteroatoms. The van der Waals surface area contributed by atoms with E-state index in [0.717, 1.165) is 17.3 Å². The van der Waals surface area contributed by atoms with Crippen LogP contribution in [0.15, 0.2) is 16.6 Å². The van der Waals surface area contributed by atoms with Gasteiger partial charge in [0.15, 0.2) is 17.3 Å². The molecule has 1 atom stereocenters. The number of hydrogen-bond acceptors (Lipinski definition) is 3. The second-order valence-corrected chi connectivity index (χ2v) is 5.10. The Labute approximate surface area is 117 Å². The van der Waals surface area contributed by atoms with Crippen molar-refractivity contribution in [2.24, 2.45) is 5.92 Å². The molecule has 0 saturated carbocycles. The van der Waals surface area contributed by atoms with Gasteiger partial charge in [0.2, 0.25) is 0 Å². The average molecular weight is 315 g/mol. The van der Waals surface area contributed by atoms with Crippen molar-refractivity contribution in [1.82, 2.24) is 0 Å². The van der Waals surface area contributed by atoms with Gasteiger partial charge < -0.3 is 9.47 Å². The van der Waals surface area contributed by atoms with E-state index in [1.165, 1.54) is 0 Å². The Morgan fingerprint density at radius 2 is 1.83 bits per heavy atom. The van der Waals surface area contributed by atoms with Gasteiger partial charge in [-0.1, -0.05) is 20.3 Å². The summed E-state index contributed by atoms with van der Waals surface area (Å²) in [5.41, 5.74) is 0.647. The molecule has 0 saturated heterocycles. The molecule has 100 valence electrons. The maximum Gasteiger partial charge on any atom is 0.166 e. The molecule has 0 fully saturated rings. The molecule has 3 nitrogen and oxygen atoms in total. The lowest BCUT2D eigenvalue weighted by Gasteiger charge is -2.14. The summed E-state index contributed by atoms with van der Waals surface area (Å²) < 4.78 is 11.2. The highest BCUT2D eigenvalue weighted by Crippen LogP contribution is 2.34. The fourth-order valence-corrected chi connectivity index (χ4v) is 2.39. The molecule has 0 radical (unpaired) electrons. The van der Waals surface area contributed by atoms with Crippen molar-refractivity contribution in [3.8, 4) is 11.5 Å². The summed E-state index contributed by atoms with van der Waals surface area (Å²) in [6, 6.07) is 3.50. The lowest BCUT2D eigenvalue weighted by atomic mass is 9.95. The van der Waals surface area contributed by atoms with Gasteiger partial charge in [-0.05, 0) is 34.5 Å². The van der Waals surface area contributed by atoms with Gasteiger partial charge >= 0.3 is 0 Å². The number of hydrogen-bond donors (Lipinski definition) is 0. The van der Waals surface area contributed by atoms with Crippen LogP contribution in [0.1, 0.15) is 37.0 Å². The van der Waals surface area contributed by atoms with E-state index in [2.05, 4.69) is 22.9 Å². The Kier molecular flexibility index (Phi) is 5.66. The van der Waals surface area contributed by atoms with Crippen molar-refractivity contribution in [2.45, 2.75) is 26.7 Å². The normalized spacial score (nSPS) is 12.1. The zero-order valence-corrected chi connectivity index (χ0v) is 12.8. The molecular weight excluding hydrogens is 296 g/mol. The van der Waals surface area contributed by atoms with E-state index >= 15 is 0 Å². The van der Waals surface area contributed by atoms with Crippen molar-refractivity contribution in [1.29, 1.82) is 0 Å². The molecule has 0 aliphatic heterocycles. The van der Waals surface area contributed by atoms with Crippen molar-refractivity contribution < 1.29 is 14.3 Å². The number of methoxy groups -OCH3 is 2. The zero-order chi connectivity index (χ0) is 13.7. The Balaban J connectivity index is 3.13. The monoisotopic (exact) mass is 314 g/mol. The van der Waals surface area contributed by atoms with Crippen LogP contribution in [0, 0.1) is 5.92 Å². The van der Waals surface area contributed by atoms with Crippen LogP contribution in [0.2, 0.25) is 0 Å². The van der Waals surface area contributed by atoms with Crippen LogP contribution in [0.4, 0.5) is 0 Å². The highest BCUT2D eigenvalue weighted by molar-refractivity contribution is 9.10. The zero-order valence-electron chi connectivity index (χ0n) is 11.2. The average Bonchev–Trinajstić information content (AvgIpc) is 2.37. The number of halogens is 1. The first-order valence-corrected chi connectivity index (χ1v) is 6.80. The van der Waals surface area contributed by atoms with E-state index < -0.39 is 0 Å². The number of ketones is 1. The molecule has 0 N–H and O–H groups in total. The van der Waals surface area contributed by atoms with Crippen molar-refractivity contribution >= 4 is 21.7 Å². The maximum absolute atomic E-state index is 12.3. The minimum absolute atomic E-state index is 0.0180. The molecule has 0 aliphatic carbocycles. The summed E-state index contributed by atoms with van der Waals surface area (Å²) >= 11 is 3.41. The second kappa shape index (κ2) is 6.78. The summed E-state index contributed by atoms with van der Waals surface area (Å²) in [5, 5.41) is 0. The van der Waals surface area contributed by atoms with Gasteiger partial charge in [-0.2, -0.15) is 0 Å². The van der Waals surface area contributed by atoms with Gasteiger partial charge in [-0.15, -0.1) is 0 Å². The van der Waals surface area contributed by atoms with E-state index in [4.69, 9.17) is 9.47 Å². The van der Waals surface area contributed by atoms with Gasteiger partial charge in [-0.3, -0.25) is 4.79 Å². The third-order valence-electron chi connectivity index (χ3n) is 2.91. The molecule has 0 heterocycles. The topological polar surface area (TPSA) is 35.5 Å². The number of benzene rings is 1. The number of carbonyl (C=O) groups is 1. The SMILES string of the molecule is CCCC(C)C(=O)c1cc(OC)c(OC)cc1Br. The Bertz CT molecular complexity index is 429. The number of Topliss-reactive ketones (excluding diaryl/α,β-unsaturated/α-hetero) is 1. The first kappa shape index (κ1) is 15.0. The summed E-state index contributed by atoms with van der Waals surface area (Å²) in [4.78, 5) is 12.3. The minimum atomic E-state index is 0.0180. The Morgan fingerprint density at radius 3 is 2.33 bits per heavy atom. The lowest BCUT2D eigenvalue weighted by molar-refractivity contribution is 0.0922. The fraction of sp³-hybridized carbons (Fsp3) is 0.500. The summed E-state index contributed by atoms with van der Waals surface area (Å²) in [7, 11) is 3.14. The van der Waals surface area contributed by atoms with Crippen LogP contribution < -0.4 is 9.47 Å². The van der Waals surface area contributed by atoms with Crippen LogP contribution in [-0.4, -0.2) is 20.0 Å². The van der Waals surface area contributed by atoms with E-state index in [9.17, 15) is 4.79 Å². The first-order valence-electron chi connectivity index (χ1n) is 6.00. The Hall–Kier alpha value is -1.03. The van der Waals surface area contributed by atoms with Gasteiger partial charge in [0.05, 0.1) is 14.2 Å². The van der Waals surface area contributed by atoms with Gasteiger partial charge in [0.1, 0.15) is 0 Å². The second-order valence-electron chi connectivity index (χ2n) is 4.24. The first-order chi connectivity index (χ1) is 8.54. The van der Waals surface area contributed by atoms with Crippen LogP contribution in [0.5, 0.6) is 11.5 Å². The van der Waals surface area contributed by atoms with Gasteiger partial charge in [0, 0.05) is 16.0 Å². The summed E-state index contributed by atoms with van der Waals surface area (Å²) in [6.45, 7) is 4.03. The van der Waals surface area contributed by atoms with Crippen LogP contribution in [0.25, 0.3) is 0 Å². The van der Waals surface area contributed by atoms with Crippen molar-refractivity contribution in [3.63, 3.8) is 0 Å². The highest BCUT2D eigenvalue weighted by Gasteiger charge is 2.19. The standard InChI is InChI=1S/C14H19BrO3/c1-5-6-9(2)14(16)10-7-12(17-3)13(18-4)8-11(10)15/h7-9H,5-6H2,1-4H3. The van der Waals surface area contributed by atoms with Crippen LogP contribution in [0.3, 0.4) is 0 Å². The molecule has 1 unspecified atom stereocenters. The van der Waals surface area contributed by atoms with E-state index in [-0.39, 0.29) is 11.7 Å².